The van der Waals surface area contributed by atoms with Crippen molar-refractivity contribution in [1.29, 1.82) is 0 Å². The van der Waals surface area contributed by atoms with E-state index in [9.17, 15) is 13.2 Å². The van der Waals surface area contributed by atoms with Crippen LogP contribution in [0, 0.1) is 0 Å². The van der Waals surface area contributed by atoms with Gasteiger partial charge in [0, 0.05) is 19.5 Å². The first-order valence-corrected chi connectivity index (χ1v) is 12.5. The van der Waals surface area contributed by atoms with Crippen LogP contribution < -0.4 is 19.5 Å². The van der Waals surface area contributed by atoms with Gasteiger partial charge in [-0.3, -0.25) is 4.79 Å². The van der Waals surface area contributed by atoms with E-state index in [1.54, 1.807) is 25.3 Å². The number of sulfonamides is 1. The second-order valence-electron chi connectivity index (χ2n) is 8.02. The molecule has 0 spiro atoms. The zero-order valence-electron chi connectivity index (χ0n) is 19.4. The van der Waals surface area contributed by atoms with Crippen LogP contribution in [0.15, 0.2) is 47.4 Å². The highest BCUT2D eigenvalue weighted by molar-refractivity contribution is 7.89. The molecule has 0 aromatic heterocycles. The van der Waals surface area contributed by atoms with Gasteiger partial charge in [0.15, 0.2) is 11.5 Å². The summed E-state index contributed by atoms with van der Waals surface area (Å²) in [5, 5.41) is 2.91. The van der Waals surface area contributed by atoms with Gasteiger partial charge in [0.25, 0.3) is 0 Å². The monoisotopic (exact) mass is 476 g/mol. The lowest BCUT2D eigenvalue weighted by Crippen LogP contribution is -2.36. The topological polar surface area (TPSA) is 94.2 Å². The molecule has 8 nitrogen and oxygen atoms in total. The van der Waals surface area contributed by atoms with Crippen molar-refractivity contribution in [2.24, 2.45) is 0 Å². The lowest BCUT2D eigenvalue weighted by atomic mass is 10.1. The molecule has 0 radical (unpaired) electrons. The molecule has 0 unspecified atom stereocenters. The molecule has 0 saturated carbocycles. The van der Waals surface area contributed by atoms with Gasteiger partial charge in [0.1, 0.15) is 12.4 Å². The van der Waals surface area contributed by atoms with Crippen molar-refractivity contribution in [2.45, 2.75) is 43.5 Å². The van der Waals surface area contributed by atoms with Crippen molar-refractivity contribution in [2.75, 3.05) is 33.9 Å². The van der Waals surface area contributed by atoms with Crippen LogP contribution >= 0.6 is 0 Å². The summed E-state index contributed by atoms with van der Waals surface area (Å²) >= 11 is 0. The standard InChI is InChI=1S/C24H32N2O6S/c1-18(17-32-23-9-5-4-8-22(23)31-3)25-24(27)13-10-19-16-20(11-12-21(19)30-2)33(28,29)26-14-6-7-15-26/h4-5,8-9,11-12,16,18H,6-7,10,13-15,17H2,1-3H3,(H,25,27)/t18-/m1/s1. The van der Waals surface area contributed by atoms with Gasteiger partial charge >= 0.3 is 0 Å². The average molecular weight is 477 g/mol. The number of hydrogen-bond acceptors (Lipinski definition) is 6. The zero-order valence-corrected chi connectivity index (χ0v) is 20.2. The van der Waals surface area contributed by atoms with Gasteiger partial charge in [-0.2, -0.15) is 4.31 Å². The first-order chi connectivity index (χ1) is 15.8. The molecule has 0 aliphatic carbocycles. The molecule has 180 valence electrons. The molecular formula is C24H32N2O6S. The van der Waals surface area contributed by atoms with Crippen molar-refractivity contribution >= 4 is 15.9 Å². The van der Waals surface area contributed by atoms with E-state index in [1.165, 1.54) is 11.4 Å². The molecule has 3 rings (SSSR count). The number of rotatable bonds is 11. The maximum atomic E-state index is 12.9. The number of benzene rings is 2. The number of amides is 1. The van der Waals surface area contributed by atoms with Gasteiger partial charge in [-0.15, -0.1) is 0 Å². The lowest BCUT2D eigenvalue weighted by Gasteiger charge is -2.18. The number of aryl methyl sites for hydroxylation is 1. The summed E-state index contributed by atoms with van der Waals surface area (Å²) in [5.74, 6) is 1.66. The van der Waals surface area contributed by atoms with E-state index in [-0.39, 0.29) is 23.3 Å². The lowest BCUT2D eigenvalue weighted by molar-refractivity contribution is -0.121. The number of nitrogens with zero attached hydrogens (tertiary/aromatic N) is 1. The summed E-state index contributed by atoms with van der Waals surface area (Å²) in [6, 6.07) is 11.9. The maximum Gasteiger partial charge on any atom is 0.243 e. The minimum Gasteiger partial charge on any atom is -0.496 e. The molecule has 9 heteroatoms. The fourth-order valence-corrected chi connectivity index (χ4v) is 5.35. The molecule has 1 atom stereocenters. The summed E-state index contributed by atoms with van der Waals surface area (Å²) in [5.41, 5.74) is 0.686. The number of ether oxygens (including phenoxy) is 3. The van der Waals surface area contributed by atoms with Crippen LogP contribution in [0.4, 0.5) is 0 Å². The minimum atomic E-state index is -3.53. The van der Waals surface area contributed by atoms with E-state index in [1.807, 2.05) is 31.2 Å². The molecule has 1 fully saturated rings. The van der Waals surface area contributed by atoms with Crippen LogP contribution in [0.25, 0.3) is 0 Å². The smallest absolute Gasteiger partial charge is 0.243 e. The Morgan fingerprint density at radius 3 is 2.36 bits per heavy atom. The van der Waals surface area contributed by atoms with E-state index in [0.29, 0.717) is 48.9 Å². The van der Waals surface area contributed by atoms with Gasteiger partial charge in [-0.1, -0.05) is 12.1 Å². The first-order valence-electron chi connectivity index (χ1n) is 11.1. The second kappa shape index (κ2) is 11.4. The van der Waals surface area contributed by atoms with Crippen LogP contribution in [0.3, 0.4) is 0 Å². The number of para-hydroxylation sites is 2. The summed E-state index contributed by atoms with van der Waals surface area (Å²) < 4.78 is 43.7. The fourth-order valence-electron chi connectivity index (χ4n) is 3.78. The Hall–Kier alpha value is -2.78. The highest BCUT2D eigenvalue weighted by Gasteiger charge is 2.27. The molecule has 1 saturated heterocycles. The van der Waals surface area contributed by atoms with Crippen LogP contribution in [-0.2, 0) is 21.2 Å². The Labute approximate surface area is 195 Å². The Morgan fingerprint density at radius 1 is 1.03 bits per heavy atom. The van der Waals surface area contributed by atoms with Gasteiger partial charge in [0.2, 0.25) is 15.9 Å². The molecule has 1 heterocycles. The van der Waals surface area contributed by atoms with Gasteiger partial charge in [-0.25, -0.2) is 8.42 Å². The second-order valence-corrected chi connectivity index (χ2v) is 9.95. The van der Waals surface area contributed by atoms with Crippen molar-refractivity contribution in [3.63, 3.8) is 0 Å². The predicted octanol–water partition coefficient (Wildman–Crippen LogP) is 3.00. The molecule has 0 bridgehead atoms. The number of carbonyl (C=O) groups is 1. The van der Waals surface area contributed by atoms with E-state index >= 15 is 0 Å². The number of nitrogens with one attached hydrogen (secondary N) is 1. The maximum absolute atomic E-state index is 12.9. The molecule has 2 aromatic rings. The Bertz CT molecular complexity index is 1050. The summed E-state index contributed by atoms with van der Waals surface area (Å²) in [6.07, 6.45) is 2.31. The third-order valence-electron chi connectivity index (χ3n) is 5.54. The fraction of sp³-hybridized carbons (Fsp3) is 0.458. The van der Waals surface area contributed by atoms with Crippen LogP contribution in [-0.4, -0.2) is 58.6 Å². The van der Waals surface area contributed by atoms with Crippen LogP contribution in [0.5, 0.6) is 17.2 Å². The largest absolute Gasteiger partial charge is 0.496 e. The van der Waals surface area contributed by atoms with Gasteiger partial charge in [0.05, 0.1) is 25.2 Å². The SMILES string of the molecule is COc1ccc(S(=O)(=O)N2CCCC2)cc1CCC(=O)N[C@H](C)COc1ccccc1OC. The number of methoxy groups -OCH3 is 2. The highest BCUT2D eigenvalue weighted by Crippen LogP contribution is 2.28. The molecular weight excluding hydrogens is 444 g/mol. The quantitative estimate of drug-likeness (QED) is 0.536. The third-order valence-corrected chi connectivity index (χ3v) is 7.44. The summed E-state index contributed by atoms with van der Waals surface area (Å²) in [6.45, 7) is 3.23. The Kier molecular flexibility index (Phi) is 8.57. The van der Waals surface area contributed by atoms with Crippen molar-refractivity contribution in [1.82, 2.24) is 9.62 Å². The van der Waals surface area contributed by atoms with Gasteiger partial charge in [-0.05, 0) is 62.1 Å². The molecule has 1 aliphatic rings. The molecule has 1 aliphatic heterocycles. The molecule has 33 heavy (non-hydrogen) atoms. The number of hydrogen-bond donors (Lipinski definition) is 1. The third kappa shape index (κ3) is 6.39. The first kappa shape index (κ1) is 24.9. The van der Waals surface area contributed by atoms with Gasteiger partial charge < -0.3 is 19.5 Å². The Balaban J connectivity index is 1.57. The normalized spacial score (nSPS) is 15.1. The average Bonchev–Trinajstić information content (AvgIpc) is 3.37. The summed E-state index contributed by atoms with van der Waals surface area (Å²) in [7, 11) is -0.424. The predicted molar refractivity (Wildman–Crippen MR) is 125 cm³/mol. The van der Waals surface area contributed by atoms with Crippen molar-refractivity contribution in [3.05, 3.63) is 48.0 Å². The van der Waals surface area contributed by atoms with Crippen LogP contribution in [0.2, 0.25) is 0 Å². The minimum absolute atomic E-state index is 0.152. The van der Waals surface area contributed by atoms with Crippen molar-refractivity contribution in [3.8, 4) is 17.2 Å². The molecule has 1 N–H and O–H groups in total. The van der Waals surface area contributed by atoms with Crippen molar-refractivity contribution < 1.29 is 27.4 Å². The number of carbonyl (C=O) groups excluding carboxylic acids is 1. The Morgan fingerprint density at radius 2 is 1.70 bits per heavy atom. The van der Waals surface area contributed by atoms with Crippen LogP contribution in [0.1, 0.15) is 31.7 Å². The van der Waals surface area contributed by atoms with E-state index < -0.39 is 10.0 Å². The van der Waals surface area contributed by atoms with E-state index in [0.717, 1.165) is 12.8 Å². The highest BCUT2D eigenvalue weighted by atomic mass is 32.2. The van der Waals surface area contributed by atoms with E-state index in [4.69, 9.17) is 14.2 Å². The zero-order chi connectivity index (χ0) is 23.8. The molecule has 2 aromatic carbocycles. The summed E-state index contributed by atoms with van der Waals surface area (Å²) in [4.78, 5) is 12.7. The molecule has 1 amide bonds. The van der Waals surface area contributed by atoms with E-state index in [2.05, 4.69) is 5.32 Å².